The first-order valence-electron chi connectivity index (χ1n) is 8.28. The summed E-state index contributed by atoms with van der Waals surface area (Å²) in [5, 5.41) is 0.304. The molecule has 5 nitrogen and oxygen atoms in total. The van der Waals surface area contributed by atoms with Gasteiger partial charge in [0.15, 0.2) is 0 Å². The van der Waals surface area contributed by atoms with Crippen LogP contribution in [-0.2, 0) is 6.54 Å². The fourth-order valence-electron chi connectivity index (χ4n) is 2.93. The van der Waals surface area contributed by atoms with E-state index in [1.165, 1.54) is 12.4 Å². The molecule has 1 aliphatic heterocycles. The topological polar surface area (TPSA) is 55.3 Å². The number of hydrogen-bond acceptors (Lipinski definition) is 4. The smallest absolute Gasteiger partial charge is 0.392 e. The minimum atomic E-state index is -4.27. The van der Waals surface area contributed by atoms with Crippen molar-refractivity contribution in [1.82, 2.24) is 14.9 Å². The fraction of sp³-hybridized carbons (Fsp3) is 0.389. The van der Waals surface area contributed by atoms with Crippen LogP contribution in [0, 0.1) is 6.92 Å². The number of fused-ring (bicyclic) bond motifs is 1. The van der Waals surface area contributed by atoms with Gasteiger partial charge >= 0.3 is 6.18 Å². The van der Waals surface area contributed by atoms with Crippen molar-refractivity contribution in [3.05, 3.63) is 51.9 Å². The number of nitrogens with zero attached hydrogens (tertiary/aromatic N) is 3. The molecule has 3 heterocycles. The molecule has 0 fully saturated rings. The Labute approximate surface area is 159 Å². The number of alkyl halides is 3. The minimum Gasteiger partial charge on any atom is -0.477 e. The van der Waals surface area contributed by atoms with Gasteiger partial charge in [-0.05, 0) is 31.5 Å². The van der Waals surface area contributed by atoms with Crippen molar-refractivity contribution in [1.29, 1.82) is 0 Å². The van der Waals surface area contributed by atoms with E-state index in [1.54, 1.807) is 24.0 Å². The molecule has 144 valence electrons. The normalized spacial score (nSPS) is 15.0. The Hall–Kier alpha value is -2.35. The summed E-state index contributed by atoms with van der Waals surface area (Å²) < 4.78 is 41.8. The Morgan fingerprint density at radius 2 is 2.11 bits per heavy atom. The molecular weight excluding hydrogens is 383 g/mol. The maximum Gasteiger partial charge on any atom is 0.392 e. The molecule has 1 aliphatic rings. The lowest BCUT2D eigenvalue weighted by Crippen LogP contribution is -2.27. The van der Waals surface area contributed by atoms with E-state index in [0.29, 0.717) is 28.4 Å². The van der Waals surface area contributed by atoms with Gasteiger partial charge in [-0.2, -0.15) is 13.2 Å². The van der Waals surface area contributed by atoms with Gasteiger partial charge in [0.05, 0.1) is 25.6 Å². The molecule has 0 N–H and O–H groups in total. The largest absolute Gasteiger partial charge is 0.477 e. The van der Waals surface area contributed by atoms with Crippen LogP contribution in [0.3, 0.4) is 0 Å². The highest BCUT2D eigenvalue weighted by atomic mass is 35.5. The van der Waals surface area contributed by atoms with Crippen LogP contribution in [0.25, 0.3) is 0 Å². The number of halogens is 4. The predicted molar refractivity (Wildman–Crippen MR) is 92.7 cm³/mol. The number of carbonyl (C=O) groups excluding carboxylic acids is 1. The average molecular weight is 400 g/mol. The van der Waals surface area contributed by atoms with Crippen molar-refractivity contribution in [3.8, 4) is 5.88 Å². The van der Waals surface area contributed by atoms with Gasteiger partial charge in [0.25, 0.3) is 5.91 Å². The van der Waals surface area contributed by atoms with Crippen LogP contribution in [0.2, 0.25) is 5.15 Å². The lowest BCUT2D eigenvalue weighted by Gasteiger charge is -2.25. The molecule has 0 bridgehead atoms. The summed E-state index contributed by atoms with van der Waals surface area (Å²) in [4.78, 5) is 22.4. The molecule has 2 aromatic rings. The van der Waals surface area contributed by atoms with Crippen molar-refractivity contribution < 1.29 is 22.7 Å². The second-order valence-electron chi connectivity index (χ2n) is 6.34. The molecule has 2 aromatic heterocycles. The van der Waals surface area contributed by atoms with E-state index in [2.05, 4.69) is 9.97 Å². The third kappa shape index (κ3) is 4.16. The number of carbonyl (C=O) groups is 1. The molecule has 3 rings (SSSR count). The van der Waals surface area contributed by atoms with Gasteiger partial charge in [0.2, 0.25) is 5.88 Å². The van der Waals surface area contributed by atoms with Crippen molar-refractivity contribution in [3.63, 3.8) is 0 Å². The number of pyridine rings is 2. The number of aryl methyl sites for hydroxylation is 1. The summed E-state index contributed by atoms with van der Waals surface area (Å²) in [5.41, 5.74) is 2.57. The molecule has 0 saturated carbocycles. The van der Waals surface area contributed by atoms with Crippen molar-refractivity contribution in [2.75, 3.05) is 6.61 Å². The number of rotatable bonds is 5. The van der Waals surface area contributed by atoms with E-state index in [4.69, 9.17) is 16.3 Å². The summed E-state index contributed by atoms with van der Waals surface area (Å²) in [5.74, 6) is 0.00318. The molecule has 1 amide bonds. The Morgan fingerprint density at radius 3 is 2.74 bits per heavy atom. The van der Waals surface area contributed by atoms with Gasteiger partial charge in [0.1, 0.15) is 5.15 Å². The molecule has 0 spiro atoms. The summed E-state index contributed by atoms with van der Waals surface area (Å²) in [6.07, 6.45) is -2.31. The molecule has 9 heteroatoms. The van der Waals surface area contributed by atoms with Crippen LogP contribution in [0.1, 0.15) is 46.4 Å². The van der Waals surface area contributed by atoms with Crippen LogP contribution >= 0.6 is 11.6 Å². The lowest BCUT2D eigenvalue weighted by molar-refractivity contribution is -0.139. The van der Waals surface area contributed by atoms with Crippen LogP contribution in [0.5, 0.6) is 5.88 Å². The predicted octanol–water partition coefficient (Wildman–Crippen LogP) is 4.49. The minimum absolute atomic E-state index is 0.148. The second kappa shape index (κ2) is 7.34. The maximum atomic E-state index is 12.6. The molecular formula is C18H17ClF3N3O2. The van der Waals surface area contributed by atoms with Gasteiger partial charge in [-0.25, -0.2) is 9.97 Å². The first-order valence-corrected chi connectivity index (χ1v) is 8.65. The number of hydrogen-bond donors (Lipinski definition) is 0. The number of ether oxygens (including phenoxy) is 1. The quantitative estimate of drug-likeness (QED) is 0.695. The third-order valence-electron chi connectivity index (χ3n) is 4.45. The van der Waals surface area contributed by atoms with Crippen molar-refractivity contribution in [2.45, 2.75) is 39.0 Å². The molecule has 0 aliphatic carbocycles. The van der Waals surface area contributed by atoms with E-state index in [9.17, 15) is 18.0 Å². The van der Waals surface area contributed by atoms with Gasteiger partial charge in [0, 0.05) is 29.1 Å². The first-order chi connectivity index (χ1) is 12.7. The van der Waals surface area contributed by atoms with Crippen LogP contribution < -0.4 is 4.74 Å². The summed E-state index contributed by atoms with van der Waals surface area (Å²) in [6, 6.07) is 3.10. The standard InChI is InChI=1S/C18H17ClF3N3O2/c1-10-7-12(8-24-16(10)27-6-4-18(20,21)22)11(2)25-9-14-13(17(25)26)3-5-23-15(14)19/h3,5,7-8,11H,4,6,9H2,1-2H3. The third-order valence-corrected chi connectivity index (χ3v) is 4.77. The molecule has 0 aromatic carbocycles. The van der Waals surface area contributed by atoms with Crippen LogP contribution in [0.15, 0.2) is 24.5 Å². The molecule has 1 atom stereocenters. The SMILES string of the molecule is Cc1cc(C(C)N2Cc3c(ccnc3Cl)C2=O)cnc1OCCC(F)(F)F. The zero-order valence-corrected chi connectivity index (χ0v) is 15.4. The highest BCUT2D eigenvalue weighted by molar-refractivity contribution is 6.30. The zero-order chi connectivity index (χ0) is 19.8. The average Bonchev–Trinajstić information content (AvgIpc) is 2.93. The van der Waals surface area contributed by atoms with E-state index in [0.717, 1.165) is 5.56 Å². The fourth-order valence-corrected chi connectivity index (χ4v) is 3.15. The summed E-state index contributed by atoms with van der Waals surface area (Å²) in [6.45, 7) is 3.40. The van der Waals surface area contributed by atoms with Crippen LogP contribution in [0.4, 0.5) is 13.2 Å². The Balaban J connectivity index is 1.73. The second-order valence-corrected chi connectivity index (χ2v) is 6.70. The molecule has 1 unspecified atom stereocenters. The van der Waals surface area contributed by atoms with Gasteiger partial charge < -0.3 is 9.64 Å². The van der Waals surface area contributed by atoms with Gasteiger partial charge in [-0.1, -0.05) is 11.6 Å². The highest BCUT2D eigenvalue weighted by Gasteiger charge is 2.33. The Kier molecular flexibility index (Phi) is 5.28. The zero-order valence-electron chi connectivity index (χ0n) is 14.7. The van der Waals surface area contributed by atoms with Crippen LogP contribution in [-0.4, -0.2) is 33.6 Å². The van der Waals surface area contributed by atoms with Crippen molar-refractivity contribution in [2.24, 2.45) is 0 Å². The first kappa shape index (κ1) is 19.4. The number of aromatic nitrogens is 2. The summed E-state index contributed by atoms with van der Waals surface area (Å²) >= 11 is 6.08. The maximum absolute atomic E-state index is 12.6. The summed E-state index contributed by atoms with van der Waals surface area (Å²) in [7, 11) is 0. The lowest BCUT2D eigenvalue weighted by atomic mass is 10.1. The number of amides is 1. The van der Waals surface area contributed by atoms with Gasteiger partial charge in [-0.3, -0.25) is 4.79 Å². The Bertz CT molecular complexity index is 873. The van der Waals surface area contributed by atoms with E-state index in [1.807, 2.05) is 6.92 Å². The van der Waals surface area contributed by atoms with Crippen molar-refractivity contribution >= 4 is 17.5 Å². The molecule has 0 saturated heterocycles. The molecule has 0 radical (unpaired) electrons. The Morgan fingerprint density at radius 1 is 1.37 bits per heavy atom. The van der Waals surface area contributed by atoms with Gasteiger partial charge in [-0.15, -0.1) is 0 Å². The van der Waals surface area contributed by atoms with E-state index < -0.39 is 19.2 Å². The highest BCUT2D eigenvalue weighted by Crippen LogP contribution is 2.34. The molecule has 27 heavy (non-hydrogen) atoms. The monoisotopic (exact) mass is 399 g/mol. The van der Waals surface area contributed by atoms with E-state index in [-0.39, 0.29) is 17.8 Å². The van der Waals surface area contributed by atoms with E-state index >= 15 is 0 Å².